The summed E-state index contributed by atoms with van der Waals surface area (Å²) in [6, 6.07) is 18.8. The SMILES string of the molecule is O=C1C/C(=C/C=C/c2ccccc2)C(=O)N1c1ccccc1. The minimum Gasteiger partial charge on any atom is -0.274 e. The molecule has 0 bridgehead atoms. The van der Waals surface area contributed by atoms with Crippen molar-refractivity contribution in [3.63, 3.8) is 0 Å². The van der Waals surface area contributed by atoms with Crippen LogP contribution >= 0.6 is 0 Å². The quantitative estimate of drug-likeness (QED) is 0.639. The van der Waals surface area contributed by atoms with Gasteiger partial charge < -0.3 is 0 Å². The van der Waals surface area contributed by atoms with Crippen LogP contribution in [-0.4, -0.2) is 11.8 Å². The Kier molecular flexibility index (Phi) is 3.97. The van der Waals surface area contributed by atoms with Gasteiger partial charge in [0.2, 0.25) is 5.91 Å². The van der Waals surface area contributed by atoms with E-state index in [-0.39, 0.29) is 18.2 Å². The lowest BCUT2D eigenvalue weighted by Crippen LogP contribution is -2.28. The second kappa shape index (κ2) is 6.22. The summed E-state index contributed by atoms with van der Waals surface area (Å²) in [4.78, 5) is 25.7. The number of allylic oxidation sites excluding steroid dienone is 2. The van der Waals surface area contributed by atoms with E-state index >= 15 is 0 Å². The van der Waals surface area contributed by atoms with Crippen LogP contribution in [0.25, 0.3) is 6.08 Å². The maximum atomic E-state index is 12.4. The number of anilines is 1. The van der Waals surface area contributed by atoms with E-state index in [9.17, 15) is 9.59 Å². The number of carbonyl (C=O) groups excluding carboxylic acids is 2. The minimum atomic E-state index is -0.242. The number of hydrogen-bond acceptors (Lipinski definition) is 2. The molecule has 108 valence electrons. The lowest BCUT2D eigenvalue weighted by atomic mass is 10.1. The van der Waals surface area contributed by atoms with Gasteiger partial charge in [-0.1, -0.05) is 66.8 Å². The number of hydrogen-bond donors (Lipinski definition) is 0. The van der Waals surface area contributed by atoms with Crippen molar-refractivity contribution >= 4 is 23.6 Å². The lowest BCUT2D eigenvalue weighted by molar-refractivity contribution is -0.120. The highest BCUT2D eigenvalue weighted by molar-refractivity contribution is 6.28. The summed E-state index contributed by atoms with van der Waals surface area (Å²) in [5.74, 6) is -0.426. The van der Waals surface area contributed by atoms with Gasteiger partial charge in [0.25, 0.3) is 5.91 Å². The molecule has 1 fully saturated rings. The van der Waals surface area contributed by atoms with E-state index in [1.54, 1.807) is 18.2 Å². The normalized spacial score (nSPS) is 16.9. The Balaban J connectivity index is 1.79. The van der Waals surface area contributed by atoms with E-state index < -0.39 is 0 Å². The molecule has 2 aromatic rings. The Morgan fingerprint density at radius 3 is 2.18 bits per heavy atom. The number of amides is 2. The largest absolute Gasteiger partial charge is 0.274 e. The molecular weight excluding hydrogens is 274 g/mol. The highest BCUT2D eigenvalue weighted by Crippen LogP contribution is 2.25. The second-order valence-electron chi connectivity index (χ2n) is 5.01. The molecule has 0 N–H and O–H groups in total. The predicted octanol–water partition coefficient (Wildman–Crippen LogP) is 3.59. The van der Waals surface area contributed by atoms with Crippen molar-refractivity contribution in [2.24, 2.45) is 0 Å². The Hall–Kier alpha value is -2.94. The van der Waals surface area contributed by atoms with E-state index in [2.05, 4.69) is 0 Å². The molecule has 1 saturated heterocycles. The summed E-state index contributed by atoms with van der Waals surface area (Å²) < 4.78 is 0. The van der Waals surface area contributed by atoms with E-state index in [4.69, 9.17) is 0 Å². The summed E-state index contributed by atoms with van der Waals surface area (Å²) in [7, 11) is 0. The van der Waals surface area contributed by atoms with Gasteiger partial charge in [0, 0.05) is 5.57 Å². The van der Waals surface area contributed by atoms with Gasteiger partial charge in [-0.25, -0.2) is 4.90 Å². The molecule has 0 unspecified atom stereocenters. The van der Waals surface area contributed by atoms with Crippen LogP contribution in [0.15, 0.2) is 78.4 Å². The molecule has 0 spiro atoms. The molecule has 0 aromatic heterocycles. The molecule has 1 heterocycles. The Labute approximate surface area is 129 Å². The Morgan fingerprint density at radius 2 is 1.50 bits per heavy atom. The smallest absolute Gasteiger partial charge is 0.261 e. The van der Waals surface area contributed by atoms with Crippen LogP contribution in [0.1, 0.15) is 12.0 Å². The van der Waals surface area contributed by atoms with E-state index in [0.717, 1.165) is 5.56 Å². The summed E-state index contributed by atoms with van der Waals surface area (Å²) in [6.07, 6.45) is 5.59. The third-order valence-electron chi connectivity index (χ3n) is 3.47. The van der Waals surface area contributed by atoms with Crippen molar-refractivity contribution in [3.05, 3.63) is 84.0 Å². The molecule has 0 saturated carbocycles. The van der Waals surface area contributed by atoms with Crippen LogP contribution in [-0.2, 0) is 9.59 Å². The molecule has 0 atom stereocenters. The van der Waals surface area contributed by atoms with Crippen molar-refractivity contribution < 1.29 is 9.59 Å². The van der Waals surface area contributed by atoms with Crippen LogP contribution in [0.5, 0.6) is 0 Å². The Bertz CT molecular complexity index is 746. The first-order chi connectivity index (χ1) is 10.8. The predicted molar refractivity (Wildman–Crippen MR) is 87.1 cm³/mol. The van der Waals surface area contributed by atoms with Gasteiger partial charge in [0.1, 0.15) is 0 Å². The summed E-state index contributed by atoms with van der Waals surface area (Å²) >= 11 is 0. The number of nitrogens with zero attached hydrogens (tertiary/aromatic N) is 1. The molecule has 2 aromatic carbocycles. The van der Waals surface area contributed by atoms with Crippen molar-refractivity contribution in [2.45, 2.75) is 6.42 Å². The van der Waals surface area contributed by atoms with E-state index in [0.29, 0.717) is 11.3 Å². The molecule has 1 aliphatic heterocycles. The zero-order valence-electron chi connectivity index (χ0n) is 12.0. The average Bonchev–Trinajstić information content (AvgIpc) is 2.83. The number of imide groups is 1. The first-order valence-electron chi connectivity index (χ1n) is 7.10. The highest BCUT2D eigenvalue weighted by atomic mass is 16.2. The number of benzene rings is 2. The zero-order chi connectivity index (χ0) is 15.4. The third-order valence-corrected chi connectivity index (χ3v) is 3.47. The molecule has 2 amide bonds. The molecule has 1 aliphatic rings. The fourth-order valence-electron chi connectivity index (χ4n) is 2.38. The second-order valence-corrected chi connectivity index (χ2v) is 5.01. The van der Waals surface area contributed by atoms with Crippen molar-refractivity contribution in [2.75, 3.05) is 4.90 Å². The highest BCUT2D eigenvalue weighted by Gasteiger charge is 2.34. The van der Waals surface area contributed by atoms with Gasteiger partial charge in [0.05, 0.1) is 12.1 Å². The molecule has 0 radical (unpaired) electrons. The fourth-order valence-corrected chi connectivity index (χ4v) is 2.38. The first kappa shape index (κ1) is 14.0. The number of para-hydroxylation sites is 1. The molecule has 0 aliphatic carbocycles. The standard InChI is InChI=1S/C19H15NO2/c21-18-14-16(11-7-10-15-8-3-1-4-9-15)19(22)20(18)17-12-5-2-6-13-17/h1-13H,14H2/b10-7+,16-11-. The summed E-state index contributed by atoms with van der Waals surface area (Å²) in [5, 5.41) is 0. The van der Waals surface area contributed by atoms with E-state index in [1.807, 2.05) is 60.7 Å². The summed E-state index contributed by atoms with van der Waals surface area (Å²) in [6.45, 7) is 0. The monoisotopic (exact) mass is 289 g/mol. The molecular formula is C19H15NO2. The maximum absolute atomic E-state index is 12.4. The molecule has 3 rings (SSSR count). The fraction of sp³-hybridized carbons (Fsp3) is 0.0526. The maximum Gasteiger partial charge on any atom is 0.261 e. The number of rotatable bonds is 3. The lowest BCUT2D eigenvalue weighted by Gasteiger charge is -2.12. The summed E-state index contributed by atoms with van der Waals surface area (Å²) in [5.41, 5.74) is 2.19. The minimum absolute atomic E-state index is 0.146. The Morgan fingerprint density at radius 1 is 0.864 bits per heavy atom. The van der Waals surface area contributed by atoms with E-state index in [1.165, 1.54) is 4.90 Å². The zero-order valence-corrected chi connectivity index (χ0v) is 12.0. The van der Waals surface area contributed by atoms with Gasteiger partial charge in [-0.05, 0) is 17.7 Å². The van der Waals surface area contributed by atoms with Gasteiger partial charge in [-0.2, -0.15) is 0 Å². The average molecular weight is 289 g/mol. The van der Waals surface area contributed by atoms with Crippen LogP contribution < -0.4 is 4.90 Å². The van der Waals surface area contributed by atoms with Crippen LogP contribution in [0.2, 0.25) is 0 Å². The van der Waals surface area contributed by atoms with Crippen molar-refractivity contribution in [1.29, 1.82) is 0 Å². The van der Waals surface area contributed by atoms with Crippen LogP contribution in [0.4, 0.5) is 5.69 Å². The third kappa shape index (κ3) is 2.88. The van der Waals surface area contributed by atoms with Gasteiger partial charge in [-0.15, -0.1) is 0 Å². The number of carbonyl (C=O) groups is 2. The van der Waals surface area contributed by atoms with Crippen molar-refractivity contribution in [3.8, 4) is 0 Å². The first-order valence-corrected chi connectivity index (χ1v) is 7.10. The molecule has 22 heavy (non-hydrogen) atoms. The topological polar surface area (TPSA) is 37.4 Å². The van der Waals surface area contributed by atoms with Gasteiger partial charge in [0.15, 0.2) is 0 Å². The molecule has 3 nitrogen and oxygen atoms in total. The van der Waals surface area contributed by atoms with Gasteiger partial charge >= 0.3 is 0 Å². The van der Waals surface area contributed by atoms with Crippen LogP contribution in [0.3, 0.4) is 0 Å². The van der Waals surface area contributed by atoms with Gasteiger partial charge in [-0.3, -0.25) is 9.59 Å². The van der Waals surface area contributed by atoms with Crippen LogP contribution in [0, 0.1) is 0 Å². The van der Waals surface area contributed by atoms with Crippen molar-refractivity contribution in [1.82, 2.24) is 0 Å². The molecule has 3 heteroatoms.